The van der Waals surface area contributed by atoms with Crippen LogP contribution >= 0.6 is 0 Å². The Bertz CT molecular complexity index is 1140. The first-order valence-electron chi connectivity index (χ1n) is 11.7. The number of fused-ring (bicyclic) bond motifs is 1. The van der Waals surface area contributed by atoms with Crippen LogP contribution in [0, 0.1) is 11.7 Å². The number of piperazine rings is 1. The van der Waals surface area contributed by atoms with Gasteiger partial charge >= 0.3 is 0 Å². The molecule has 0 aliphatic carbocycles. The molecule has 6 heteroatoms. The van der Waals surface area contributed by atoms with Gasteiger partial charge in [-0.1, -0.05) is 36.4 Å². The van der Waals surface area contributed by atoms with Gasteiger partial charge < -0.3 is 14.7 Å². The van der Waals surface area contributed by atoms with Gasteiger partial charge in [-0.25, -0.2) is 4.39 Å². The molecule has 0 aromatic heterocycles. The zero-order valence-corrected chi connectivity index (χ0v) is 18.6. The second-order valence-electron chi connectivity index (χ2n) is 8.88. The molecule has 2 fully saturated rings. The molecule has 3 aromatic carbocycles. The van der Waals surface area contributed by atoms with Gasteiger partial charge in [0.05, 0.1) is 0 Å². The van der Waals surface area contributed by atoms with E-state index < -0.39 is 0 Å². The van der Waals surface area contributed by atoms with Crippen LogP contribution in [0.1, 0.15) is 23.2 Å². The molecule has 2 amide bonds. The van der Waals surface area contributed by atoms with Crippen molar-refractivity contribution < 1.29 is 14.0 Å². The number of hydrogen-bond acceptors (Lipinski definition) is 3. The Hall–Kier alpha value is -3.41. The second-order valence-corrected chi connectivity index (χ2v) is 8.88. The van der Waals surface area contributed by atoms with E-state index in [9.17, 15) is 14.0 Å². The molecule has 0 radical (unpaired) electrons. The Kier molecular flexibility index (Phi) is 5.99. The Labute approximate surface area is 193 Å². The fourth-order valence-corrected chi connectivity index (χ4v) is 5.01. The molecule has 0 atom stereocenters. The molecular formula is C27H28FN3O2. The van der Waals surface area contributed by atoms with E-state index in [2.05, 4.69) is 4.90 Å². The first-order chi connectivity index (χ1) is 16.1. The monoisotopic (exact) mass is 445 g/mol. The molecule has 0 N–H and O–H groups in total. The zero-order valence-electron chi connectivity index (χ0n) is 18.6. The van der Waals surface area contributed by atoms with Crippen molar-refractivity contribution in [2.75, 3.05) is 44.2 Å². The molecule has 0 unspecified atom stereocenters. The maximum Gasteiger partial charge on any atom is 0.254 e. The van der Waals surface area contributed by atoms with E-state index in [0.717, 1.165) is 35.1 Å². The molecular weight excluding hydrogens is 417 g/mol. The van der Waals surface area contributed by atoms with Gasteiger partial charge in [0.1, 0.15) is 5.82 Å². The molecule has 170 valence electrons. The Morgan fingerprint density at radius 1 is 0.727 bits per heavy atom. The molecule has 0 saturated carbocycles. The number of carbonyl (C=O) groups excluding carboxylic acids is 2. The summed E-state index contributed by atoms with van der Waals surface area (Å²) in [6.45, 7) is 4.05. The molecule has 2 aliphatic heterocycles. The van der Waals surface area contributed by atoms with Crippen LogP contribution in [-0.2, 0) is 4.79 Å². The van der Waals surface area contributed by atoms with Crippen LogP contribution in [0.15, 0.2) is 66.7 Å². The second kappa shape index (κ2) is 9.22. The molecule has 0 bridgehead atoms. The predicted molar refractivity (Wildman–Crippen MR) is 128 cm³/mol. The molecule has 2 aliphatic rings. The fraction of sp³-hybridized carbons (Fsp3) is 0.333. The smallest absolute Gasteiger partial charge is 0.254 e. The van der Waals surface area contributed by atoms with Crippen LogP contribution in [0.5, 0.6) is 0 Å². The van der Waals surface area contributed by atoms with Gasteiger partial charge in [-0.05, 0) is 53.9 Å². The first-order valence-corrected chi connectivity index (χ1v) is 11.7. The maximum absolute atomic E-state index is 13.2. The van der Waals surface area contributed by atoms with Crippen molar-refractivity contribution in [3.8, 4) is 0 Å². The fourth-order valence-electron chi connectivity index (χ4n) is 5.01. The third-order valence-corrected chi connectivity index (χ3v) is 6.93. The van der Waals surface area contributed by atoms with Crippen LogP contribution in [0.3, 0.4) is 0 Å². The van der Waals surface area contributed by atoms with E-state index in [1.807, 2.05) is 52.3 Å². The van der Waals surface area contributed by atoms with Gasteiger partial charge in [-0.2, -0.15) is 0 Å². The van der Waals surface area contributed by atoms with E-state index in [1.54, 1.807) is 12.1 Å². The Balaban J connectivity index is 1.16. The summed E-state index contributed by atoms with van der Waals surface area (Å²) in [5.74, 6) is -0.0200. The minimum absolute atomic E-state index is 0.0288. The number of carbonyl (C=O) groups is 2. The van der Waals surface area contributed by atoms with Gasteiger partial charge in [0.25, 0.3) is 5.91 Å². The zero-order chi connectivity index (χ0) is 22.8. The van der Waals surface area contributed by atoms with Crippen molar-refractivity contribution in [3.63, 3.8) is 0 Å². The van der Waals surface area contributed by atoms with Crippen molar-refractivity contribution in [3.05, 3.63) is 78.1 Å². The van der Waals surface area contributed by atoms with Crippen LogP contribution in [0.2, 0.25) is 0 Å². The largest absolute Gasteiger partial charge is 0.368 e. The normalized spacial score (nSPS) is 17.4. The van der Waals surface area contributed by atoms with Crippen molar-refractivity contribution in [1.29, 1.82) is 0 Å². The highest BCUT2D eigenvalue weighted by atomic mass is 19.1. The van der Waals surface area contributed by atoms with Crippen LogP contribution in [0.4, 0.5) is 10.1 Å². The van der Waals surface area contributed by atoms with Gasteiger partial charge in [-0.15, -0.1) is 0 Å². The SMILES string of the molecule is O=C(c1cccc2ccccc12)N1CCC(C(=O)N2CCN(c3ccc(F)cc3)CC2)CC1. The van der Waals surface area contributed by atoms with Gasteiger partial charge in [-0.3, -0.25) is 9.59 Å². The standard InChI is InChI=1S/C27H28FN3O2/c28-22-8-10-23(11-9-22)29-16-18-31(19-17-29)26(32)21-12-14-30(15-13-21)27(33)25-7-3-5-20-4-1-2-6-24(20)25/h1-11,21H,12-19H2. The summed E-state index contributed by atoms with van der Waals surface area (Å²) in [5, 5.41) is 2.04. The minimum atomic E-state index is -0.238. The summed E-state index contributed by atoms with van der Waals surface area (Å²) in [7, 11) is 0. The number of amides is 2. The summed E-state index contributed by atoms with van der Waals surface area (Å²) in [4.78, 5) is 32.3. The lowest BCUT2D eigenvalue weighted by molar-refractivity contribution is -0.137. The summed E-state index contributed by atoms with van der Waals surface area (Å²) in [6, 6.07) is 20.3. The van der Waals surface area contributed by atoms with E-state index in [1.165, 1.54) is 12.1 Å². The number of anilines is 1. The molecule has 33 heavy (non-hydrogen) atoms. The number of halogens is 1. The average Bonchev–Trinajstić information content (AvgIpc) is 2.88. The maximum atomic E-state index is 13.2. The first kappa shape index (κ1) is 21.4. The topological polar surface area (TPSA) is 43.9 Å². The highest BCUT2D eigenvalue weighted by molar-refractivity contribution is 6.07. The highest BCUT2D eigenvalue weighted by Gasteiger charge is 2.32. The Morgan fingerprint density at radius 3 is 2.12 bits per heavy atom. The number of likely N-dealkylation sites (tertiary alicyclic amines) is 1. The summed E-state index contributed by atoms with van der Waals surface area (Å²) in [6.07, 6.45) is 1.40. The molecule has 5 rings (SSSR count). The van der Waals surface area contributed by atoms with Crippen LogP contribution < -0.4 is 4.90 Å². The number of rotatable bonds is 3. The number of piperidine rings is 1. The average molecular weight is 446 g/mol. The molecule has 2 saturated heterocycles. The lowest BCUT2D eigenvalue weighted by Crippen LogP contribution is -2.52. The lowest BCUT2D eigenvalue weighted by atomic mass is 9.94. The number of benzene rings is 3. The van der Waals surface area contributed by atoms with Gasteiger partial charge in [0.2, 0.25) is 5.91 Å². The molecule has 3 aromatic rings. The highest BCUT2D eigenvalue weighted by Crippen LogP contribution is 2.25. The summed E-state index contributed by atoms with van der Waals surface area (Å²) in [5.41, 5.74) is 1.72. The van der Waals surface area contributed by atoms with Crippen LogP contribution in [0.25, 0.3) is 10.8 Å². The van der Waals surface area contributed by atoms with Crippen molar-refractivity contribution in [2.45, 2.75) is 12.8 Å². The van der Waals surface area contributed by atoms with Gasteiger partial charge in [0.15, 0.2) is 0 Å². The number of hydrogen-bond donors (Lipinski definition) is 0. The van der Waals surface area contributed by atoms with E-state index in [-0.39, 0.29) is 23.5 Å². The van der Waals surface area contributed by atoms with E-state index >= 15 is 0 Å². The predicted octanol–water partition coefficient (Wildman–Crippen LogP) is 4.18. The molecule has 2 heterocycles. The quantitative estimate of drug-likeness (QED) is 0.608. The van der Waals surface area contributed by atoms with Crippen molar-refractivity contribution in [1.82, 2.24) is 9.80 Å². The van der Waals surface area contributed by atoms with E-state index in [4.69, 9.17) is 0 Å². The van der Waals surface area contributed by atoms with E-state index in [0.29, 0.717) is 39.0 Å². The van der Waals surface area contributed by atoms with Crippen LogP contribution in [-0.4, -0.2) is 60.9 Å². The minimum Gasteiger partial charge on any atom is -0.368 e. The third kappa shape index (κ3) is 4.42. The number of nitrogens with zero attached hydrogens (tertiary/aromatic N) is 3. The molecule has 5 nitrogen and oxygen atoms in total. The van der Waals surface area contributed by atoms with Gasteiger partial charge in [0, 0.05) is 56.4 Å². The van der Waals surface area contributed by atoms with Crippen molar-refractivity contribution >= 4 is 28.3 Å². The summed E-state index contributed by atoms with van der Waals surface area (Å²) >= 11 is 0. The van der Waals surface area contributed by atoms with Crippen molar-refractivity contribution in [2.24, 2.45) is 5.92 Å². The Morgan fingerprint density at radius 2 is 1.39 bits per heavy atom. The lowest BCUT2D eigenvalue weighted by Gasteiger charge is -2.39. The molecule has 0 spiro atoms. The summed E-state index contributed by atoms with van der Waals surface area (Å²) < 4.78 is 13.2. The third-order valence-electron chi connectivity index (χ3n) is 6.93.